The molecule has 0 aliphatic carbocycles. The number of benzene rings is 2. The first-order valence-corrected chi connectivity index (χ1v) is 11.2. The van der Waals surface area contributed by atoms with Gasteiger partial charge in [0.1, 0.15) is 11.2 Å². The van der Waals surface area contributed by atoms with Gasteiger partial charge in [0.25, 0.3) is 11.8 Å². The molecule has 3 heterocycles. The molecule has 1 aromatic heterocycles. The first kappa shape index (κ1) is 21.7. The standard InChI is InChI=1S/C27H23N3O4/c1-16-11-12-27(2,26(34)29-16)30-24(32)20-9-7-17(13-21(20)25(30)33)8-10-23(31)22-14-18-5-3-4-6-19(18)15-28-22/h3-7,9,13-15H,1,8,10-12H2,2H3,(H,29,34)/t27-/m0/s1. The van der Waals surface area contributed by atoms with E-state index in [2.05, 4.69) is 16.9 Å². The number of rotatable bonds is 5. The van der Waals surface area contributed by atoms with Crippen LogP contribution >= 0.6 is 0 Å². The normalized spacial score (nSPS) is 20.0. The second-order valence-corrected chi connectivity index (χ2v) is 9.00. The van der Waals surface area contributed by atoms with Gasteiger partial charge >= 0.3 is 0 Å². The van der Waals surface area contributed by atoms with Crippen LogP contribution in [-0.4, -0.2) is 38.9 Å². The van der Waals surface area contributed by atoms with Crippen LogP contribution in [-0.2, 0) is 11.2 Å². The third-order valence-electron chi connectivity index (χ3n) is 6.69. The van der Waals surface area contributed by atoms with E-state index in [0.29, 0.717) is 30.7 Å². The molecule has 7 nitrogen and oxygen atoms in total. The van der Waals surface area contributed by atoms with E-state index in [0.717, 1.165) is 21.2 Å². The van der Waals surface area contributed by atoms with Gasteiger partial charge in [0.15, 0.2) is 5.78 Å². The molecule has 170 valence electrons. The summed E-state index contributed by atoms with van der Waals surface area (Å²) in [5.41, 5.74) is 1.00. The molecule has 1 fully saturated rings. The lowest BCUT2D eigenvalue weighted by atomic mass is 9.88. The maximum atomic E-state index is 13.2. The SMILES string of the molecule is C=C1CC[C@](C)(N2C(=O)c3ccc(CCC(=O)c4cc5ccccc5cn4)cc3C2=O)C(=O)N1. The van der Waals surface area contributed by atoms with Gasteiger partial charge in [-0.25, -0.2) is 0 Å². The number of imide groups is 1. The molecule has 7 heteroatoms. The van der Waals surface area contributed by atoms with Crippen LogP contribution in [0.2, 0.25) is 0 Å². The summed E-state index contributed by atoms with van der Waals surface area (Å²) in [6.45, 7) is 5.37. The Balaban J connectivity index is 1.34. The van der Waals surface area contributed by atoms with Gasteiger partial charge in [0.05, 0.1) is 11.1 Å². The molecule has 1 N–H and O–H groups in total. The highest BCUT2D eigenvalue weighted by Gasteiger charge is 2.51. The Morgan fingerprint density at radius 2 is 1.79 bits per heavy atom. The van der Waals surface area contributed by atoms with E-state index in [1.54, 1.807) is 37.4 Å². The largest absolute Gasteiger partial charge is 0.328 e. The summed E-state index contributed by atoms with van der Waals surface area (Å²) in [6, 6.07) is 14.5. The lowest BCUT2D eigenvalue weighted by molar-refractivity contribution is -0.131. The number of carbonyl (C=O) groups excluding carboxylic acids is 4. The molecular weight excluding hydrogens is 430 g/mol. The van der Waals surface area contributed by atoms with Crippen molar-refractivity contribution in [2.45, 2.75) is 38.1 Å². The number of ketones is 1. The second-order valence-electron chi connectivity index (χ2n) is 9.00. The summed E-state index contributed by atoms with van der Waals surface area (Å²) in [5, 5.41) is 4.58. The highest BCUT2D eigenvalue weighted by atomic mass is 16.2. The zero-order chi connectivity index (χ0) is 24.0. The predicted molar refractivity (Wildman–Crippen MR) is 126 cm³/mol. The van der Waals surface area contributed by atoms with Crippen molar-refractivity contribution in [2.24, 2.45) is 0 Å². The average Bonchev–Trinajstić information content (AvgIpc) is 3.09. The zero-order valence-corrected chi connectivity index (χ0v) is 18.8. The van der Waals surface area contributed by atoms with Crippen LogP contribution in [0.4, 0.5) is 0 Å². The van der Waals surface area contributed by atoms with Gasteiger partial charge in [-0.2, -0.15) is 0 Å². The molecule has 5 rings (SSSR count). The van der Waals surface area contributed by atoms with Gasteiger partial charge in [-0.1, -0.05) is 36.9 Å². The van der Waals surface area contributed by atoms with Crippen LogP contribution in [0.3, 0.4) is 0 Å². The molecular formula is C27H23N3O4. The molecule has 2 aliphatic rings. The molecule has 2 aliphatic heterocycles. The number of hydrogen-bond acceptors (Lipinski definition) is 5. The maximum absolute atomic E-state index is 13.2. The number of piperidine rings is 1. The lowest BCUT2D eigenvalue weighted by Crippen LogP contribution is -2.60. The van der Waals surface area contributed by atoms with Crippen molar-refractivity contribution >= 4 is 34.3 Å². The summed E-state index contributed by atoms with van der Waals surface area (Å²) in [4.78, 5) is 57.0. The Hall–Kier alpha value is -4.13. The summed E-state index contributed by atoms with van der Waals surface area (Å²) in [7, 11) is 0. The summed E-state index contributed by atoms with van der Waals surface area (Å²) in [6.07, 6.45) is 3.13. The van der Waals surface area contributed by atoms with E-state index in [-0.39, 0.29) is 23.3 Å². The van der Waals surface area contributed by atoms with E-state index in [1.165, 1.54) is 0 Å². The van der Waals surface area contributed by atoms with Gasteiger partial charge in [-0.05, 0) is 55.3 Å². The summed E-state index contributed by atoms with van der Waals surface area (Å²) >= 11 is 0. The highest BCUT2D eigenvalue weighted by molar-refractivity contribution is 6.23. The number of allylic oxidation sites excluding steroid dienone is 1. The molecule has 0 bridgehead atoms. The van der Waals surface area contributed by atoms with Crippen molar-refractivity contribution in [3.05, 3.63) is 89.4 Å². The fourth-order valence-electron chi connectivity index (χ4n) is 4.59. The molecule has 3 aromatic rings. The second kappa shape index (κ2) is 8.02. The van der Waals surface area contributed by atoms with Gasteiger partial charge in [-0.15, -0.1) is 0 Å². The third kappa shape index (κ3) is 3.50. The number of hydrogen-bond donors (Lipinski definition) is 1. The van der Waals surface area contributed by atoms with Crippen LogP contribution in [0.25, 0.3) is 10.8 Å². The van der Waals surface area contributed by atoms with Gasteiger partial charge in [0, 0.05) is 23.7 Å². The fourth-order valence-corrected chi connectivity index (χ4v) is 4.59. The van der Waals surface area contributed by atoms with Crippen molar-refractivity contribution in [1.82, 2.24) is 15.2 Å². The van der Waals surface area contributed by atoms with Gasteiger partial charge < -0.3 is 5.32 Å². The van der Waals surface area contributed by atoms with Crippen LogP contribution in [0.1, 0.15) is 63.0 Å². The molecule has 0 spiro atoms. The van der Waals surface area contributed by atoms with E-state index in [4.69, 9.17) is 0 Å². The maximum Gasteiger partial charge on any atom is 0.262 e. The number of fused-ring (bicyclic) bond motifs is 2. The Bertz CT molecular complexity index is 1410. The molecule has 1 atom stereocenters. The average molecular weight is 453 g/mol. The third-order valence-corrected chi connectivity index (χ3v) is 6.69. The molecule has 1 saturated heterocycles. The molecule has 34 heavy (non-hydrogen) atoms. The Labute approximate surface area is 196 Å². The minimum absolute atomic E-state index is 0.0955. The number of pyridine rings is 1. The van der Waals surface area contributed by atoms with Crippen molar-refractivity contribution in [3.8, 4) is 0 Å². The first-order valence-electron chi connectivity index (χ1n) is 11.2. The highest BCUT2D eigenvalue weighted by Crippen LogP contribution is 2.35. The monoisotopic (exact) mass is 453 g/mol. The number of nitrogens with one attached hydrogen (secondary N) is 1. The number of Topliss-reactive ketones (excluding diaryl/α,β-unsaturated/α-hetero) is 1. The molecule has 0 unspecified atom stereocenters. The quantitative estimate of drug-likeness (QED) is 0.468. The molecule has 0 saturated carbocycles. The van der Waals surface area contributed by atoms with Gasteiger partial charge in [0.2, 0.25) is 5.91 Å². The zero-order valence-electron chi connectivity index (χ0n) is 18.8. The fraction of sp³-hybridized carbons (Fsp3) is 0.222. The predicted octanol–water partition coefficient (Wildman–Crippen LogP) is 3.83. The Kier molecular flexibility index (Phi) is 5.12. The number of carbonyl (C=O) groups is 4. The molecule has 0 radical (unpaired) electrons. The van der Waals surface area contributed by atoms with Crippen molar-refractivity contribution < 1.29 is 19.2 Å². The molecule has 3 amide bonds. The van der Waals surface area contributed by atoms with Crippen LogP contribution in [0, 0.1) is 0 Å². The minimum Gasteiger partial charge on any atom is -0.328 e. The molecule has 2 aromatic carbocycles. The van der Waals surface area contributed by atoms with Crippen molar-refractivity contribution in [2.75, 3.05) is 0 Å². The number of nitrogens with zero attached hydrogens (tertiary/aromatic N) is 2. The van der Waals surface area contributed by atoms with Crippen LogP contribution in [0.5, 0.6) is 0 Å². The minimum atomic E-state index is -1.27. The summed E-state index contributed by atoms with van der Waals surface area (Å²) < 4.78 is 0. The van der Waals surface area contributed by atoms with E-state index >= 15 is 0 Å². The van der Waals surface area contributed by atoms with E-state index < -0.39 is 23.3 Å². The lowest BCUT2D eigenvalue weighted by Gasteiger charge is -2.39. The Morgan fingerprint density at radius 1 is 1.06 bits per heavy atom. The van der Waals surface area contributed by atoms with Crippen molar-refractivity contribution in [3.63, 3.8) is 0 Å². The van der Waals surface area contributed by atoms with Gasteiger partial charge in [-0.3, -0.25) is 29.1 Å². The Morgan fingerprint density at radius 3 is 2.56 bits per heavy atom. The van der Waals surface area contributed by atoms with Crippen molar-refractivity contribution in [1.29, 1.82) is 0 Å². The van der Waals surface area contributed by atoms with Crippen LogP contribution in [0.15, 0.2) is 67.0 Å². The van der Waals surface area contributed by atoms with Crippen LogP contribution < -0.4 is 5.32 Å². The number of amides is 3. The summed E-state index contributed by atoms with van der Waals surface area (Å²) in [5.74, 6) is -1.48. The number of aryl methyl sites for hydroxylation is 1. The van der Waals surface area contributed by atoms with E-state index in [9.17, 15) is 19.2 Å². The smallest absolute Gasteiger partial charge is 0.262 e. The first-order chi connectivity index (χ1) is 16.3. The topological polar surface area (TPSA) is 96.4 Å². The van der Waals surface area contributed by atoms with E-state index in [1.807, 2.05) is 24.3 Å². The number of aromatic nitrogens is 1.